The van der Waals surface area contributed by atoms with Crippen LogP contribution < -0.4 is 9.47 Å². The zero-order chi connectivity index (χ0) is 22.4. The smallest absolute Gasteiger partial charge is 0.161 e. The van der Waals surface area contributed by atoms with Crippen molar-refractivity contribution in [3.8, 4) is 17.6 Å². The number of methoxy groups -OCH3 is 2. The van der Waals surface area contributed by atoms with Gasteiger partial charge in [-0.2, -0.15) is 5.26 Å². The fourth-order valence-corrected chi connectivity index (χ4v) is 4.97. The molecular weight excluding hydrogens is 384 g/mol. The molecule has 1 aliphatic carbocycles. The van der Waals surface area contributed by atoms with Gasteiger partial charge in [0.15, 0.2) is 11.5 Å². The summed E-state index contributed by atoms with van der Waals surface area (Å²) < 4.78 is 10.9. The van der Waals surface area contributed by atoms with Gasteiger partial charge < -0.3 is 14.4 Å². The number of rotatable bonds is 9. The lowest BCUT2D eigenvalue weighted by Gasteiger charge is -2.35. The zero-order valence-electron chi connectivity index (χ0n) is 19.6. The van der Waals surface area contributed by atoms with E-state index in [9.17, 15) is 5.26 Å². The Morgan fingerprint density at radius 3 is 2.45 bits per heavy atom. The highest BCUT2D eigenvalue weighted by molar-refractivity contribution is 5.47. The molecule has 166 valence electrons. The van der Waals surface area contributed by atoms with Crippen LogP contribution in [0.2, 0.25) is 0 Å². The molecule has 0 fully saturated rings. The molecule has 0 N–H and O–H groups in total. The highest BCUT2D eigenvalue weighted by atomic mass is 16.5. The highest BCUT2D eigenvalue weighted by Gasteiger charge is 2.36. The topological polar surface area (TPSA) is 45.5 Å². The quantitative estimate of drug-likeness (QED) is 0.546. The third kappa shape index (κ3) is 4.88. The maximum atomic E-state index is 10.3. The van der Waals surface area contributed by atoms with Crippen molar-refractivity contribution >= 4 is 0 Å². The zero-order valence-corrected chi connectivity index (χ0v) is 19.6. The van der Waals surface area contributed by atoms with Crippen molar-refractivity contribution in [1.82, 2.24) is 4.90 Å². The van der Waals surface area contributed by atoms with Crippen LogP contribution in [0.5, 0.6) is 11.5 Å². The fourth-order valence-electron chi connectivity index (χ4n) is 4.97. The molecule has 1 aliphatic rings. The van der Waals surface area contributed by atoms with Crippen molar-refractivity contribution in [3.63, 3.8) is 0 Å². The van der Waals surface area contributed by atoms with E-state index < -0.39 is 5.41 Å². The second kappa shape index (κ2) is 10.2. The van der Waals surface area contributed by atoms with Gasteiger partial charge in [-0.15, -0.1) is 0 Å². The SMILES string of the molecule is COc1ccc([C@](C#N)(CCCN(C)[C@H]2CCc3ccccc3C2)C(C)C)cc1OC. The first-order valence-corrected chi connectivity index (χ1v) is 11.4. The van der Waals surface area contributed by atoms with Gasteiger partial charge >= 0.3 is 0 Å². The molecule has 3 rings (SSSR count). The van der Waals surface area contributed by atoms with Crippen LogP contribution in [0.4, 0.5) is 0 Å². The molecule has 4 nitrogen and oxygen atoms in total. The monoisotopic (exact) mass is 420 g/mol. The molecule has 0 saturated heterocycles. The highest BCUT2D eigenvalue weighted by Crippen LogP contribution is 2.40. The molecule has 0 saturated carbocycles. The summed E-state index contributed by atoms with van der Waals surface area (Å²) in [7, 11) is 5.51. The Morgan fingerprint density at radius 2 is 1.81 bits per heavy atom. The minimum atomic E-state index is -0.542. The van der Waals surface area contributed by atoms with Crippen LogP contribution in [0.3, 0.4) is 0 Å². The Labute approximate surface area is 187 Å². The molecule has 0 spiro atoms. The lowest BCUT2D eigenvalue weighted by molar-refractivity contribution is 0.209. The summed E-state index contributed by atoms with van der Waals surface area (Å²) in [6.07, 6.45) is 5.29. The van der Waals surface area contributed by atoms with E-state index in [1.807, 2.05) is 18.2 Å². The fraction of sp³-hybridized carbons (Fsp3) is 0.519. The van der Waals surface area contributed by atoms with Crippen molar-refractivity contribution in [3.05, 3.63) is 59.2 Å². The van der Waals surface area contributed by atoms with Gasteiger partial charge in [-0.25, -0.2) is 0 Å². The average Bonchev–Trinajstić information content (AvgIpc) is 2.80. The van der Waals surface area contributed by atoms with E-state index in [-0.39, 0.29) is 5.92 Å². The molecule has 0 radical (unpaired) electrons. The van der Waals surface area contributed by atoms with Crippen LogP contribution in [-0.4, -0.2) is 38.8 Å². The van der Waals surface area contributed by atoms with E-state index in [4.69, 9.17) is 9.47 Å². The number of hydrogen-bond donors (Lipinski definition) is 0. The molecule has 0 aliphatic heterocycles. The first-order valence-electron chi connectivity index (χ1n) is 11.4. The van der Waals surface area contributed by atoms with Crippen molar-refractivity contribution < 1.29 is 9.47 Å². The van der Waals surface area contributed by atoms with E-state index in [2.05, 4.69) is 56.1 Å². The molecule has 4 heteroatoms. The lowest BCUT2D eigenvalue weighted by atomic mass is 9.69. The third-order valence-corrected chi connectivity index (χ3v) is 7.11. The van der Waals surface area contributed by atoms with E-state index in [0.717, 1.165) is 37.8 Å². The Kier molecular flexibility index (Phi) is 7.62. The number of nitriles is 1. The average molecular weight is 421 g/mol. The first kappa shape index (κ1) is 23.2. The van der Waals surface area contributed by atoms with Gasteiger partial charge in [0.05, 0.1) is 25.7 Å². The van der Waals surface area contributed by atoms with E-state index in [1.165, 1.54) is 17.5 Å². The minimum Gasteiger partial charge on any atom is -0.493 e. The van der Waals surface area contributed by atoms with Gasteiger partial charge in [-0.05, 0) is 80.4 Å². The van der Waals surface area contributed by atoms with Crippen molar-refractivity contribution in [2.24, 2.45) is 5.92 Å². The Bertz CT molecular complexity index is 918. The van der Waals surface area contributed by atoms with Crippen LogP contribution in [-0.2, 0) is 18.3 Å². The van der Waals surface area contributed by atoms with E-state index in [1.54, 1.807) is 14.2 Å². The number of ether oxygens (including phenoxy) is 2. The van der Waals surface area contributed by atoms with Crippen molar-refractivity contribution in [2.75, 3.05) is 27.8 Å². The molecule has 2 aromatic carbocycles. The molecule has 0 heterocycles. The molecule has 2 aromatic rings. The van der Waals surface area contributed by atoms with Gasteiger partial charge in [0.1, 0.15) is 0 Å². The summed E-state index contributed by atoms with van der Waals surface area (Å²) >= 11 is 0. The molecular formula is C27H36N2O2. The maximum Gasteiger partial charge on any atom is 0.161 e. The van der Waals surface area contributed by atoms with Gasteiger partial charge in [-0.1, -0.05) is 44.2 Å². The number of nitrogens with zero attached hydrogens (tertiary/aromatic N) is 2. The van der Waals surface area contributed by atoms with Gasteiger partial charge in [-0.3, -0.25) is 0 Å². The summed E-state index contributed by atoms with van der Waals surface area (Å²) in [5.41, 5.74) is 3.46. The molecule has 0 unspecified atom stereocenters. The summed E-state index contributed by atoms with van der Waals surface area (Å²) in [5, 5.41) is 10.3. The summed E-state index contributed by atoms with van der Waals surface area (Å²) in [4.78, 5) is 2.49. The minimum absolute atomic E-state index is 0.197. The lowest BCUT2D eigenvalue weighted by Crippen LogP contribution is -2.38. The van der Waals surface area contributed by atoms with Crippen molar-refractivity contribution in [1.29, 1.82) is 5.26 Å². The maximum absolute atomic E-state index is 10.3. The molecule has 0 aromatic heterocycles. The number of benzene rings is 2. The Balaban J connectivity index is 1.69. The van der Waals surface area contributed by atoms with Gasteiger partial charge in [0.25, 0.3) is 0 Å². The first-order chi connectivity index (χ1) is 14.9. The van der Waals surface area contributed by atoms with Crippen LogP contribution in [0, 0.1) is 17.2 Å². The Morgan fingerprint density at radius 1 is 1.10 bits per heavy atom. The van der Waals surface area contributed by atoms with E-state index in [0.29, 0.717) is 17.5 Å². The number of fused-ring (bicyclic) bond motifs is 1. The summed E-state index contributed by atoms with van der Waals surface area (Å²) in [5.74, 6) is 1.57. The second-order valence-corrected chi connectivity index (χ2v) is 9.06. The van der Waals surface area contributed by atoms with E-state index >= 15 is 0 Å². The van der Waals surface area contributed by atoms with Crippen LogP contribution in [0.15, 0.2) is 42.5 Å². The van der Waals surface area contributed by atoms with Crippen molar-refractivity contribution in [2.45, 2.75) is 57.4 Å². The molecule has 0 bridgehead atoms. The number of aryl methyl sites for hydroxylation is 1. The standard InChI is InChI=1S/C27H36N2O2/c1-20(2)27(19-28,23-12-14-25(30-4)26(18-23)31-5)15-8-16-29(3)24-13-11-21-9-6-7-10-22(21)17-24/h6-7,9-10,12,14,18,20,24H,8,11,13,15-17H2,1-5H3/t24-,27-/m0/s1. The number of likely N-dealkylation sites (N-methyl/N-ethyl adjacent to an activating group) is 1. The molecule has 31 heavy (non-hydrogen) atoms. The van der Waals surface area contributed by atoms with Crippen LogP contribution >= 0.6 is 0 Å². The van der Waals surface area contributed by atoms with Gasteiger partial charge in [0.2, 0.25) is 0 Å². The third-order valence-electron chi connectivity index (χ3n) is 7.11. The second-order valence-electron chi connectivity index (χ2n) is 9.06. The number of hydrogen-bond acceptors (Lipinski definition) is 4. The summed E-state index contributed by atoms with van der Waals surface area (Å²) in [6, 6.07) is 18.0. The van der Waals surface area contributed by atoms with Crippen LogP contribution in [0.25, 0.3) is 0 Å². The normalized spacial score (nSPS) is 17.7. The summed E-state index contributed by atoms with van der Waals surface area (Å²) in [6.45, 7) is 5.28. The Hall–Kier alpha value is -2.51. The largest absolute Gasteiger partial charge is 0.493 e. The predicted molar refractivity (Wildman–Crippen MR) is 126 cm³/mol. The predicted octanol–water partition coefficient (Wildman–Crippen LogP) is 5.39. The molecule has 0 amide bonds. The molecule has 2 atom stereocenters. The van der Waals surface area contributed by atoms with Crippen LogP contribution in [0.1, 0.15) is 49.8 Å². The van der Waals surface area contributed by atoms with Gasteiger partial charge in [0, 0.05) is 6.04 Å².